The van der Waals surface area contributed by atoms with Gasteiger partial charge in [0.2, 0.25) is 5.91 Å². The molecule has 10 nitrogen and oxygen atoms in total. The average molecular weight is 565 g/mol. The van der Waals surface area contributed by atoms with Gasteiger partial charge in [-0.2, -0.15) is 13.9 Å². The number of aromatic amines is 1. The molecule has 0 fully saturated rings. The van der Waals surface area contributed by atoms with Crippen molar-refractivity contribution >= 4 is 34.2 Å². The van der Waals surface area contributed by atoms with Crippen LogP contribution in [0.1, 0.15) is 44.5 Å². The van der Waals surface area contributed by atoms with Crippen LogP contribution in [-0.4, -0.2) is 40.2 Å². The maximum atomic E-state index is 13.9. The van der Waals surface area contributed by atoms with Crippen LogP contribution in [0.15, 0.2) is 60.2 Å². The summed E-state index contributed by atoms with van der Waals surface area (Å²) in [6, 6.07) is 7.52. The van der Waals surface area contributed by atoms with Crippen LogP contribution in [-0.2, 0) is 4.79 Å². The smallest absolute Gasteiger partial charge is 0.333 e. The number of carbonyl (C=O) groups is 1. The summed E-state index contributed by atoms with van der Waals surface area (Å²) in [4.78, 5) is 42.8. The first-order valence-electron chi connectivity index (χ1n) is 12.6. The Morgan fingerprint density at radius 3 is 2.75 bits per heavy atom. The van der Waals surface area contributed by atoms with Gasteiger partial charge in [0.05, 0.1) is 58.7 Å². The topological polar surface area (TPSA) is 123 Å². The molecule has 1 aliphatic heterocycles. The summed E-state index contributed by atoms with van der Waals surface area (Å²) in [5.41, 5.74) is 3.16. The van der Waals surface area contributed by atoms with Crippen LogP contribution in [0, 0.1) is 5.92 Å². The number of fused-ring (bicyclic) bond motifs is 5. The molecule has 5 heterocycles. The molecule has 0 aliphatic carbocycles. The highest BCUT2D eigenvalue weighted by molar-refractivity contribution is 6.31. The van der Waals surface area contributed by atoms with Crippen molar-refractivity contribution in [2.75, 3.05) is 5.32 Å². The van der Waals surface area contributed by atoms with E-state index < -0.39 is 18.5 Å². The predicted molar refractivity (Wildman–Crippen MR) is 145 cm³/mol. The van der Waals surface area contributed by atoms with Gasteiger partial charge < -0.3 is 10.3 Å². The minimum Gasteiger partial charge on any atom is -0.345 e. The Bertz CT molecular complexity index is 1800. The standard InChI is InChI=1S/C27H23ClF2N8O2/c1-14-3-2-4-22(19-7-15(5-6-31-19)25-21(36-26(14)40)11-35-38(25)27(29)30)37-13-34-18(10-23(37)39)17-8-16(28)9-20-24(17)33-12-32-20/h5-14,22,27H,2-4H2,1H3,(H,32,33)(H,36,40). The van der Waals surface area contributed by atoms with Crippen molar-refractivity contribution < 1.29 is 13.6 Å². The number of nitrogens with one attached hydrogen (secondary N) is 2. The number of carbonyl (C=O) groups excluding carboxylic acids is 1. The number of imidazole rings is 1. The highest BCUT2D eigenvalue weighted by Gasteiger charge is 2.26. The van der Waals surface area contributed by atoms with E-state index in [9.17, 15) is 18.4 Å². The molecule has 1 amide bonds. The number of pyridine rings is 1. The van der Waals surface area contributed by atoms with Crippen molar-refractivity contribution in [1.82, 2.24) is 34.3 Å². The van der Waals surface area contributed by atoms with E-state index in [-0.39, 0.29) is 22.8 Å². The van der Waals surface area contributed by atoms with E-state index in [1.807, 2.05) is 0 Å². The molecule has 2 unspecified atom stereocenters. The molecule has 1 aliphatic rings. The third-order valence-electron chi connectivity index (χ3n) is 7.13. The minimum absolute atomic E-state index is 0.0586. The molecule has 2 atom stereocenters. The fourth-order valence-corrected chi connectivity index (χ4v) is 5.32. The Labute approximate surface area is 231 Å². The molecule has 40 heavy (non-hydrogen) atoms. The van der Waals surface area contributed by atoms with Gasteiger partial charge in [-0.25, -0.2) is 14.6 Å². The summed E-state index contributed by atoms with van der Waals surface area (Å²) in [6.45, 7) is -1.15. The van der Waals surface area contributed by atoms with Crippen molar-refractivity contribution in [3.63, 3.8) is 0 Å². The monoisotopic (exact) mass is 564 g/mol. The van der Waals surface area contributed by atoms with E-state index in [0.717, 1.165) is 5.52 Å². The van der Waals surface area contributed by atoms with Gasteiger partial charge in [-0.05, 0) is 37.1 Å². The van der Waals surface area contributed by atoms with Gasteiger partial charge in [0.1, 0.15) is 0 Å². The van der Waals surface area contributed by atoms with Crippen LogP contribution in [0.25, 0.3) is 33.5 Å². The normalized spacial score (nSPS) is 17.8. The zero-order valence-electron chi connectivity index (χ0n) is 21.2. The summed E-state index contributed by atoms with van der Waals surface area (Å²) in [5, 5.41) is 7.02. The first kappa shape index (κ1) is 25.8. The maximum absolute atomic E-state index is 13.9. The molecule has 4 aromatic heterocycles. The summed E-state index contributed by atoms with van der Waals surface area (Å²) < 4.78 is 29.8. The molecule has 5 aromatic rings. The Morgan fingerprint density at radius 1 is 1.10 bits per heavy atom. The number of H-pyrrole nitrogens is 1. The molecular formula is C27H23ClF2N8O2. The van der Waals surface area contributed by atoms with Gasteiger partial charge in [0.25, 0.3) is 5.56 Å². The van der Waals surface area contributed by atoms with Crippen molar-refractivity contribution in [2.24, 2.45) is 5.92 Å². The Kier molecular flexibility index (Phi) is 6.62. The van der Waals surface area contributed by atoms with Crippen LogP contribution in [0.4, 0.5) is 14.5 Å². The zero-order chi connectivity index (χ0) is 28.0. The number of hydrogen-bond acceptors (Lipinski definition) is 6. The van der Waals surface area contributed by atoms with Crippen molar-refractivity contribution in [3.05, 3.63) is 76.5 Å². The van der Waals surface area contributed by atoms with Crippen LogP contribution < -0.4 is 10.9 Å². The second-order valence-corrected chi connectivity index (χ2v) is 10.1. The van der Waals surface area contributed by atoms with Gasteiger partial charge in [0, 0.05) is 34.3 Å². The number of halogens is 3. The molecule has 2 N–H and O–H groups in total. The van der Waals surface area contributed by atoms with E-state index in [4.69, 9.17) is 11.6 Å². The van der Waals surface area contributed by atoms with E-state index in [1.54, 1.807) is 37.5 Å². The number of benzene rings is 1. The fourth-order valence-electron chi connectivity index (χ4n) is 5.10. The molecule has 0 saturated heterocycles. The fraction of sp³-hybridized carbons (Fsp3) is 0.259. The molecule has 6 rings (SSSR count). The van der Waals surface area contributed by atoms with Crippen molar-refractivity contribution in [3.8, 4) is 22.5 Å². The number of amides is 1. The van der Waals surface area contributed by atoms with Crippen LogP contribution in [0.3, 0.4) is 0 Å². The Hall–Kier alpha value is -4.45. The lowest BCUT2D eigenvalue weighted by atomic mass is 9.97. The number of anilines is 1. The van der Waals surface area contributed by atoms with Gasteiger partial charge >= 0.3 is 6.55 Å². The van der Waals surface area contributed by atoms with Gasteiger partial charge in [-0.1, -0.05) is 24.9 Å². The quantitative estimate of drug-likeness (QED) is 0.301. The molecule has 0 radical (unpaired) electrons. The highest BCUT2D eigenvalue weighted by Crippen LogP contribution is 2.35. The molecule has 2 bridgehead atoms. The van der Waals surface area contributed by atoms with E-state index in [2.05, 4.69) is 30.4 Å². The molecule has 204 valence electrons. The van der Waals surface area contributed by atoms with Gasteiger partial charge in [-0.15, -0.1) is 0 Å². The van der Waals surface area contributed by atoms with Crippen molar-refractivity contribution in [1.29, 1.82) is 0 Å². The number of alkyl halides is 2. The molecule has 0 spiro atoms. The zero-order valence-corrected chi connectivity index (χ0v) is 21.9. The largest absolute Gasteiger partial charge is 0.345 e. The second kappa shape index (κ2) is 10.3. The summed E-state index contributed by atoms with van der Waals surface area (Å²) >= 11 is 6.28. The molecule has 13 heteroatoms. The Balaban J connectivity index is 1.46. The van der Waals surface area contributed by atoms with E-state index in [0.29, 0.717) is 57.0 Å². The van der Waals surface area contributed by atoms with E-state index >= 15 is 0 Å². The number of aromatic nitrogens is 7. The third kappa shape index (κ3) is 4.64. The first-order chi connectivity index (χ1) is 19.3. The maximum Gasteiger partial charge on any atom is 0.333 e. The first-order valence-corrected chi connectivity index (χ1v) is 13.0. The Morgan fingerprint density at radius 2 is 1.95 bits per heavy atom. The summed E-state index contributed by atoms with van der Waals surface area (Å²) in [5.74, 6) is -0.693. The lowest BCUT2D eigenvalue weighted by Crippen LogP contribution is -2.27. The van der Waals surface area contributed by atoms with Crippen LogP contribution >= 0.6 is 11.6 Å². The average Bonchev–Trinajstić information content (AvgIpc) is 3.57. The number of hydrogen-bond donors (Lipinski definition) is 2. The van der Waals surface area contributed by atoms with E-state index in [1.165, 1.54) is 29.4 Å². The third-order valence-corrected chi connectivity index (χ3v) is 7.35. The highest BCUT2D eigenvalue weighted by atomic mass is 35.5. The molecule has 1 aromatic carbocycles. The SMILES string of the molecule is CC1CCCC(n2cnc(-c3cc(Cl)cc4[nH]cnc34)cc2=O)c2cc(ccn2)-c2c(cnn2C(F)F)NC1=O. The minimum atomic E-state index is -2.93. The number of rotatable bonds is 3. The summed E-state index contributed by atoms with van der Waals surface area (Å²) in [7, 11) is 0. The molecule has 0 saturated carbocycles. The van der Waals surface area contributed by atoms with Gasteiger partial charge in [0.15, 0.2) is 0 Å². The summed E-state index contributed by atoms with van der Waals surface area (Å²) in [6.07, 6.45) is 7.29. The lowest BCUT2D eigenvalue weighted by Gasteiger charge is -2.22. The van der Waals surface area contributed by atoms with Gasteiger partial charge in [-0.3, -0.25) is 19.1 Å². The predicted octanol–water partition coefficient (Wildman–Crippen LogP) is 5.44. The second-order valence-electron chi connectivity index (χ2n) is 9.71. The number of nitrogens with zero attached hydrogens (tertiary/aromatic N) is 6. The van der Waals surface area contributed by atoms with Crippen LogP contribution in [0.5, 0.6) is 0 Å². The lowest BCUT2D eigenvalue weighted by molar-refractivity contribution is -0.119. The van der Waals surface area contributed by atoms with Crippen LogP contribution in [0.2, 0.25) is 5.02 Å². The molecular weight excluding hydrogens is 542 g/mol. The van der Waals surface area contributed by atoms with Crippen molar-refractivity contribution in [2.45, 2.75) is 38.8 Å².